The number of benzene rings is 1. The summed E-state index contributed by atoms with van der Waals surface area (Å²) in [7, 11) is 0. The molecular formula is C24H36N4O. The van der Waals surface area contributed by atoms with Crippen LogP contribution < -0.4 is 10.6 Å². The molecule has 2 aromatic rings. The van der Waals surface area contributed by atoms with E-state index in [2.05, 4.69) is 76.4 Å². The van der Waals surface area contributed by atoms with Gasteiger partial charge in [0.1, 0.15) is 11.4 Å². The second-order valence-corrected chi connectivity index (χ2v) is 9.08. The van der Waals surface area contributed by atoms with Gasteiger partial charge in [0.15, 0.2) is 0 Å². The van der Waals surface area contributed by atoms with Crippen LogP contribution in [-0.4, -0.2) is 21.7 Å². The van der Waals surface area contributed by atoms with Crippen LogP contribution in [0.3, 0.4) is 0 Å². The van der Waals surface area contributed by atoms with Gasteiger partial charge in [-0.3, -0.25) is 4.79 Å². The van der Waals surface area contributed by atoms with Crippen molar-refractivity contribution < 1.29 is 4.79 Å². The lowest BCUT2D eigenvalue weighted by Crippen LogP contribution is -2.46. The number of carbonyl (C=O) groups excluding carboxylic acids is 1. The molecule has 2 N–H and O–H groups in total. The first-order valence-corrected chi connectivity index (χ1v) is 11.0. The van der Waals surface area contributed by atoms with E-state index in [9.17, 15) is 4.79 Å². The smallest absolute Gasteiger partial charge is 0.257 e. The van der Waals surface area contributed by atoms with Crippen molar-refractivity contribution in [1.82, 2.24) is 15.1 Å². The Morgan fingerprint density at radius 2 is 1.86 bits per heavy atom. The van der Waals surface area contributed by atoms with Gasteiger partial charge in [0.05, 0.1) is 16.8 Å². The van der Waals surface area contributed by atoms with Crippen LogP contribution in [0.1, 0.15) is 88.0 Å². The van der Waals surface area contributed by atoms with E-state index >= 15 is 0 Å². The van der Waals surface area contributed by atoms with Gasteiger partial charge in [-0.1, -0.05) is 45.0 Å². The average molecular weight is 397 g/mol. The lowest BCUT2D eigenvalue weighted by atomic mass is 9.83. The normalized spacial score (nSPS) is 18.1. The molecule has 29 heavy (non-hydrogen) atoms. The van der Waals surface area contributed by atoms with Crippen molar-refractivity contribution in [2.45, 2.75) is 91.3 Å². The topological polar surface area (TPSA) is 59.0 Å². The number of hydrogen-bond acceptors (Lipinski definition) is 3. The molecule has 0 radical (unpaired) electrons. The van der Waals surface area contributed by atoms with Crippen molar-refractivity contribution >= 4 is 11.7 Å². The zero-order valence-electron chi connectivity index (χ0n) is 19.0. The fourth-order valence-electron chi connectivity index (χ4n) is 4.74. The van der Waals surface area contributed by atoms with Crippen LogP contribution in [0.15, 0.2) is 24.3 Å². The third kappa shape index (κ3) is 3.79. The minimum atomic E-state index is -0.388. The summed E-state index contributed by atoms with van der Waals surface area (Å²) < 4.78 is 1.99. The molecule has 1 aliphatic rings. The van der Waals surface area contributed by atoms with Gasteiger partial charge in [0.25, 0.3) is 5.91 Å². The van der Waals surface area contributed by atoms with Gasteiger partial charge in [0.2, 0.25) is 0 Å². The Labute approximate surface area is 175 Å². The van der Waals surface area contributed by atoms with Crippen LogP contribution in [0.5, 0.6) is 0 Å². The Balaban J connectivity index is 1.99. The maximum absolute atomic E-state index is 13.5. The number of fused-ring (bicyclic) bond motifs is 1. The van der Waals surface area contributed by atoms with E-state index in [4.69, 9.17) is 5.10 Å². The van der Waals surface area contributed by atoms with E-state index in [1.54, 1.807) is 0 Å². The highest BCUT2D eigenvalue weighted by Crippen LogP contribution is 2.36. The van der Waals surface area contributed by atoms with Crippen molar-refractivity contribution in [3.63, 3.8) is 0 Å². The average Bonchev–Trinajstić information content (AvgIpc) is 3.02. The summed E-state index contributed by atoms with van der Waals surface area (Å²) in [6, 6.07) is 8.95. The molecule has 5 heteroatoms. The van der Waals surface area contributed by atoms with E-state index < -0.39 is 0 Å². The highest BCUT2D eigenvalue weighted by molar-refractivity contribution is 6.00. The van der Waals surface area contributed by atoms with Crippen LogP contribution in [0, 0.1) is 6.92 Å². The summed E-state index contributed by atoms with van der Waals surface area (Å²) in [5, 5.41) is 11.6. The fraction of sp³-hybridized carbons (Fsp3) is 0.583. The van der Waals surface area contributed by atoms with Gasteiger partial charge in [-0.05, 0) is 64.5 Å². The second-order valence-electron chi connectivity index (χ2n) is 9.08. The Morgan fingerprint density at radius 3 is 2.41 bits per heavy atom. The quantitative estimate of drug-likeness (QED) is 0.711. The molecule has 5 nitrogen and oxygen atoms in total. The Hall–Kier alpha value is -2.30. The maximum atomic E-state index is 13.5. The summed E-state index contributed by atoms with van der Waals surface area (Å²) in [6.07, 6.45) is 3.65. The number of amides is 1. The van der Waals surface area contributed by atoms with E-state index in [1.807, 2.05) is 11.6 Å². The third-order valence-corrected chi connectivity index (χ3v) is 6.52. The first kappa shape index (κ1) is 21.4. The molecular weight excluding hydrogens is 360 g/mol. The summed E-state index contributed by atoms with van der Waals surface area (Å²) in [4.78, 5) is 13.5. The zero-order chi connectivity index (χ0) is 21.4. The van der Waals surface area contributed by atoms with Crippen molar-refractivity contribution in [2.75, 3.05) is 5.32 Å². The van der Waals surface area contributed by atoms with Crippen LogP contribution in [-0.2, 0) is 17.5 Å². The number of aryl methyl sites for hydroxylation is 2. The van der Waals surface area contributed by atoms with Crippen molar-refractivity contribution in [2.24, 2.45) is 0 Å². The van der Waals surface area contributed by atoms with Gasteiger partial charge in [0, 0.05) is 6.04 Å². The first-order chi connectivity index (χ1) is 13.7. The number of anilines is 1. The van der Waals surface area contributed by atoms with Crippen LogP contribution in [0.4, 0.5) is 5.82 Å². The second kappa shape index (κ2) is 7.85. The molecule has 1 aromatic carbocycles. The monoisotopic (exact) mass is 396 g/mol. The molecule has 158 valence electrons. The summed E-state index contributed by atoms with van der Waals surface area (Å²) >= 11 is 0. The minimum Gasteiger partial charge on any atom is -0.367 e. The van der Waals surface area contributed by atoms with Gasteiger partial charge in [-0.25, -0.2) is 4.68 Å². The molecule has 1 amide bonds. The Morgan fingerprint density at radius 1 is 1.24 bits per heavy atom. The predicted octanol–water partition coefficient (Wildman–Crippen LogP) is 5.14. The van der Waals surface area contributed by atoms with E-state index in [0.717, 1.165) is 42.8 Å². The number of nitrogens with one attached hydrogen (secondary N) is 2. The number of rotatable bonds is 6. The van der Waals surface area contributed by atoms with Gasteiger partial charge in [-0.15, -0.1) is 0 Å². The molecule has 0 aliphatic carbocycles. The third-order valence-electron chi connectivity index (χ3n) is 6.52. The lowest BCUT2D eigenvalue weighted by molar-refractivity contribution is 0.0889. The standard InChI is InChI=1S/C24H36N4O/c1-8-18-11-13-19(14-12-18)24(9-2,10-3)26-22(29)20-17(5)27-28-21(20)25-16(4)15-23(28,6)7/h11-14,16,25H,8-10,15H2,1-7H3,(H,26,29)/t16-/m0/s1. The SMILES string of the molecule is CCc1ccc(C(CC)(CC)NC(=O)c2c(C)nn3c2N[C@@H](C)CC3(C)C)cc1. The molecule has 0 bridgehead atoms. The maximum Gasteiger partial charge on any atom is 0.257 e. The van der Waals surface area contributed by atoms with Crippen molar-refractivity contribution in [1.29, 1.82) is 0 Å². The summed E-state index contributed by atoms with van der Waals surface area (Å²) in [5.41, 5.74) is 3.40. The van der Waals surface area contributed by atoms with Crippen molar-refractivity contribution in [3.05, 3.63) is 46.6 Å². The van der Waals surface area contributed by atoms with Crippen LogP contribution in [0.25, 0.3) is 0 Å². The molecule has 0 fully saturated rings. The minimum absolute atomic E-state index is 0.0515. The molecule has 0 spiro atoms. The Bertz CT molecular complexity index is 875. The van der Waals surface area contributed by atoms with E-state index in [-0.39, 0.29) is 17.0 Å². The summed E-state index contributed by atoms with van der Waals surface area (Å²) in [6.45, 7) is 14.9. The lowest BCUT2D eigenvalue weighted by Gasteiger charge is -2.37. The molecule has 1 aliphatic heterocycles. The van der Waals surface area contributed by atoms with Gasteiger partial charge in [-0.2, -0.15) is 5.10 Å². The van der Waals surface area contributed by atoms with Gasteiger partial charge >= 0.3 is 0 Å². The van der Waals surface area contributed by atoms with Crippen molar-refractivity contribution in [3.8, 4) is 0 Å². The highest BCUT2D eigenvalue weighted by atomic mass is 16.2. The molecule has 0 saturated carbocycles. The molecule has 1 aromatic heterocycles. The van der Waals surface area contributed by atoms with E-state index in [0.29, 0.717) is 11.6 Å². The molecule has 2 heterocycles. The number of carbonyl (C=O) groups is 1. The molecule has 3 rings (SSSR count). The molecule has 0 unspecified atom stereocenters. The first-order valence-electron chi connectivity index (χ1n) is 11.0. The number of aromatic nitrogens is 2. The Kier molecular flexibility index (Phi) is 5.79. The van der Waals surface area contributed by atoms with E-state index in [1.165, 1.54) is 5.56 Å². The predicted molar refractivity (Wildman–Crippen MR) is 120 cm³/mol. The molecule has 0 saturated heterocycles. The number of hydrogen-bond donors (Lipinski definition) is 2. The van der Waals surface area contributed by atoms with Gasteiger partial charge < -0.3 is 10.6 Å². The highest BCUT2D eigenvalue weighted by Gasteiger charge is 2.38. The summed E-state index contributed by atoms with van der Waals surface area (Å²) in [5.74, 6) is 0.788. The van der Waals surface area contributed by atoms with Crippen LogP contribution >= 0.6 is 0 Å². The zero-order valence-corrected chi connectivity index (χ0v) is 19.0. The largest absolute Gasteiger partial charge is 0.367 e. The van der Waals surface area contributed by atoms with Crippen LogP contribution in [0.2, 0.25) is 0 Å². The number of nitrogens with zero attached hydrogens (tertiary/aromatic N) is 2. The fourth-order valence-corrected chi connectivity index (χ4v) is 4.74. The molecule has 1 atom stereocenters.